The lowest BCUT2D eigenvalue weighted by atomic mass is 10.2. The summed E-state index contributed by atoms with van der Waals surface area (Å²) in [7, 11) is -3.02. The summed E-state index contributed by atoms with van der Waals surface area (Å²) in [6.07, 6.45) is 2.09. The van der Waals surface area contributed by atoms with Crippen LogP contribution in [0, 0.1) is 0 Å². The van der Waals surface area contributed by atoms with E-state index in [1.165, 1.54) is 5.56 Å². The standard InChI is InChI=1S/C19H23N3O3S/c1-2-22(13-15-6-4-3-5-7-15)18-12-16(8-10-20-18)19(23)21-17-9-11-26(24,25)14-17/h3-8,10,12,17H,2,9,11,13-14H2,1H3,(H,21,23). The van der Waals surface area contributed by atoms with E-state index < -0.39 is 9.84 Å². The number of amides is 1. The number of rotatable bonds is 6. The van der Waals surface area contributed by atoms with Crippen molar-refractivity contribution in [3.63, 3.8) is 0 Å². The lowest BCUT2D eigenvalue weighted by Gasteiger charge is -2.22. The van der Waals surface area contributed by atoms with Crippen LogP contribution >= 0.6 is 0 Å². The average Bonchev–Trinajstić information content (AvgIpc) is 2.99. The van der Waals surface area contributed by atoms with Crippen LogP contribution in [0.4, 0.5) is 5.82 Å². The number of carbonyl (C=O) groups is 1. The van der Waals surface area contributed by atoms with Gasteiger partial charge in [0.25, 0.3) is 5.91 Å². The third-order valence-corrected chi connectivity index (χ3v) is 6.27. The average molecular weight is 373 g/mol. The molecule has 1 saturated heterocycles. The van der Waals surface area contributed by atoms with Gasteiger partial charge in [-0.15, -0.1) is 0 Å². The van der Waals surface area contributed by atoms with E-state index in [0.717, 1.165) is 12.4 Å². The second kappa shape index (κ2) is 7.86. The first-order chi connectivity index (χ1) is 12.5. The number of aromatic nitrogens is 1. The molecule has 0 saturated carbocycles. The van der Waals surface area contributed by atoms with Crippen molar-refractivity contribution < 1.29 is 13.2 Å². The van der Waals surface area contributed by atoms with Crippen molar-refractivity contribution in [2.75, 3.05) is 23.0 Å². The highest BCUT2D eigenvalue weighted by Crippen LogP contribution is 2.17. The SMILES string of the molecule is CCN(Cc1ccccc1)c1cc(C(=O)NC2CCS(=O)(=O)C2)ccn1. The summed E-state index contributed by atoms with van der Waals surface area (Å²) in [5, 5.41) is 2.82. The number of hydrogen-bond donors (Lipinski definition) is 1. The second-order valence-corrected chi connectivity index (χ2v) is 8.70. The zero-order valence-electron chi connectivity index (χ0n) is 14.8. The number of anilines is 1. The molecule has 0 spiro atoms. The van der Waals surface area contributed by atoms with Crippen LogP contribution < -0.4 is 10.2 Å². The minimum atomic E-state index is -3.02. The minimum absolute atomic E-state index is 0.0196. The first-order valence-corrected chi connectivity index (χ1v) is 10.5. The molecule has 0 aliphatic carbocycles. The maximum Gasteiger partial charge on any atom is 0.251 e. The fourth-order valence-electron chi connectivity index (χ4n) is 3.07. The molecule has 138 valence electrons. The highest BCUT2D eigenvalue weighted by atomic mass is 32.2. The fourth-order valence-corrected chi connectivity index (χ4v) is 4.74. The molecule has 1 aliphatic heterocycles. The summed E-state index contributed by atoms with van der Waals surface area (Å²) in [6.45, 7) is 3.50. The molecule has 1 unspecified atom stereocenters. The number of carbonyl (C=O) groups excluding carboxylic acids is 1. The molecular weight excluding hydrogens is 350 g/mol. The lowest BCUT2D eigenvalue weighted by molar-refractivity contribution is 0.0941. The van der Waals surface area contributed by atoms with Crippen molar-refractivity contribution in [1.82, 2.24) is 10.3 Å². The van der Waals surface area contributed by atoms with Gasteiger partial charge in [0.1, 0.15) is 5.82 Å². The third kappa shape index (κ3) is 4.60. The van der Waals surface area contributed by atoms with Gasteiger partial charge in [-0.25, -0.2) is 13.4 Å². The molecule has 0 radical (unpaired) electrons. The first-order valence-electron chi connectivity index (χ1n) is 8.73. The van der Waals surface area contributed by atoms with E-state index in [0.29, 0.717) is 18.5 Å². The molecule has 0 bridgehead atoms. The number of hydrogen-bond acceptors (Lipinski definition) is 5. The highest BCUT2D eigenvalue weighted by molar-refractivity contribution is 7.91. The highest BCUT2D eigenvalue weighted by Gasteiger charge is 2.29. The van der Waals surface area contributed by atoms with Crippen LogP contribution in [0.1, 0.15) is 29.3 Å². The van der Waals surface area contributed by atoms with Gasteiger partial charge in [-0.2, -0.15) is 0 Å². The molecule has 1 aliphatic rings. The predicted molar refractivity (Wildman–Crippen MR) is 102 cm³/mol. The van der Waals surface area contributed by atoms with Crippen LogP contribution in [-0.2, 0) is 16.4 Å². The van der Waals surface area contributed by atoms with Gasteiger partial charge >= 0.3 is 0 Å². The number of nitrogens with one attached hydrogen (secondary N) is 1. The zero-order valence-corrected chi connectivity index (χ0v) is 15.6. The quantitative estimate of drug-likeness (QED) is 0.838. The molecule has 1 N–H and O–H groups in total. The molecule has 1 amide bonds. The van der Waals surface area contributed by atoms with Crippen LogP contribution in [0.15, 0.2) is 48.7 Å². The summed E-state index contributed by atoms with van der Waals surface area (Å²) in [5.41, 5.74) is 1.66. The van der Waals surface area contributed by atoms with E-state index >= 15 is 0 Å². The van der Waals surface area contributed by atoms with Gasteiger partial charge in [-0.1, -0.05) is 30.3 Å². The Bertz CT molecular complexity index is 869. The normalized spacial score (nSPS) is 18.4. The molecule has 7 heteroatoms. The van der Waals surface area contributed by atoms with Gasteiger partial charge < -0.3 is 10.2 Å². The van der Waals surface area contributed by atoms with Crippen molar-refractivity contribution in [2.45, 2.75) is 25.9 Å². The van der Waals surface area contributed by atoms with Gasteiger partial charge in [0, 0.05) is 30.9 Å². The topological polar surface area (TPSA) is 79.4 Å². The van der Waals surface area contributed by atoms with Gasteiger partial charge in [0.2, 0.25) is 0 Å². The number of sulfone groups is 1. The van der Waals surface area contributed by atoms with E-state index in [1.807, 2.05) is 25.1 Å². The summed E-state index contributed by atoms with van der Waals surface area (Å²) in [5.74, 6) is 0.626. The van der Waals surface area contributed by atoms with E-state index in [1.54, 1.807) is 18.3 Å². The molecule has 3 rings (SSSR count). The van der Waals surface area contributed by atoms with Crippen LogP contribution in [0.25, 0.3) is 0 Å². The maximum atomic E-state index is 12.5. The Balaban J connectivity index is 1.71. The summed E-state index contributed by atoms with van der Waals surface area (Å²) in [6, 6.07) is 13.2. The third-order valence-electron chi connectivity index (χ3n) is 4.50. The van der Waals surface area contributed by atoms with Crippen molar-refractivity contribution in [2.24, 2.45) is 0 Å². The van der Waals surface area contributed by atoms with Crippen LogP contribution in [0.3, 0.4) is 0 Å². The molecule has 1 atom stereocenters. The fraction of sp³-hybridized carbons (Fsp3) is 0.368. The van der Waals surface area contributed by atoms with E-state index in [9.17, 15) is 13.2 Å². The molecule has 1 fully saturated rings. The van der Waals surface area contributed by atoms with Crippen molar-refractivity contribution >= 4 is 21.6 Å². The van der Waals surface area contributed by atoms with Crippen LogP contribution in [0.2, 0.25) is 0 Å². The van der Waals surface area contributed by atoms with Crippen molar-refractivity contribution in [3.05, 3.63) is 59.8 Å². The van der Waals surface area contributed by atoms with E-state index in [-0.39, 0.29) is 23.5 Å². The zero-order chi connectivity index (χ0) is 18.6. The monoisotopic (exact) mass is 373 g/mol. The largest absolute Gasteiger partial charge is 0.353 e. The number of nitrogens with zero attached hydrogens (tertiary/aromatic N) is 2. The molecule has 2 aromatic rings. The second-order valence-electron chi connectivity index (χ2n) is 6.48. The lowest BCUT2D eigenvalue weighted by Crippen LogP contribution is -2.35. The van der Waals surface area contributed by atoms with Crippen LogP contribution in [-0.4, -0.2) is 43.4 Å². The molecule has 1 aromatic carbocycles. The Morgan fingerprint density at radius 1 is 1.27 bits per heavy atom. The Morgan fingerprint density at radius 2 is 2.04 bits per heavy atom. The van der Waals surface area contributed by atoms with Gasteiger partial charge in [0.15, 0.2) is 9.84 Å². The van der Waals surface area contributed by atoms with E-state index in [2.05, 4.69) is 27.3 Å². The Morgan fingerprint density at radius 3 is 2.69 bits per heavy atom. The molecule has 1 aromatic heterocycles. The van der Waals surface area contributed by atoms with Gasteiger partial charge in [0.05, 0.1) is 11.5 Å². The number of benzene rings is 1. The first kappa shape index (κ1) is 18.4. The Kier molecular flexibility index (Phi) is 5.56. The predicted octanol–water partition coefficient (Wildman–Crippen LogP) is 2.03. The smallest absolute Gasteiger partial charge is 0.251 e. The van der Waals surface area contributed by atoms with Crippen molar-refractivity contribution in [3.8, 4) is 0 Å². The molecular formula is C19H23N3O3S. The minimum Gasteiger partial charge on any atom is -0.353 e. The van der Waals surface area contributed by atoms with Crippen LogP contribution in [0.5, 0.6) is 0 Å². The van der Waals surface area contributed by atoms with Gasteiger partial charge in [-0.3, -0.25) is 4.79 Å². The molecule has 6 nitrogen and oxygen atoms in total. The Hall–Kier alpha value is -2.41. The maximum absolute atomic E-state index is 12.5. The van der Waals surface area contributed by atoms with E-state index in [4.69, 9.17) is 0 Å². The molecule has 2 heterocycles. The summed E-state index contributed by atoms with van der Waals surface area (Å²) in [4.78, 5) is 19.0. The van der Waals surface area contributed by atoms with Crippen molar-refractivity contribution in [1.29, 1.82) is 0 Å². The van der Waals surface area contributed by atoms with Gasteiger partial charge in [-0.05, 0) is 31.0 Å². The summed E-state index contributed by atoms with van der Waals surface area (Å²) >= 11 is 0. The summed E-state index contributed by atoms with van der Waals surface area (Å²) < 4.78 is 23.1. The Labute approximate surface area is 154 Å². The number of pyridine rings is 1. The molecule has 26 heavy (non-hydrogen) atoms.